The number of aryl methyl sites for hydroxylation is 1. The van der Waals surface area contributed by atoms with Crippen LogP contribution < -0.4 is 0 Å². The van der Waals surface area contributed by atoms with Crippen molar-refractivity contribution in [1.82, 2.24) is 19.2 Å². The molecule has 2 heterocycles. The summed E-state index contributed by atoms with van der Waals surface area (Å²) in [4.78, 5) is 2.32. The fourth-order valence-corrected chi connectivity index (χ4v) is 2.26. The number of nitrogens with zero attached hydrogens (tertiary/aromatic N) is 4. The molecular formula is C10H18N4OS. The van der Waals surface area contributed by atoms with Crippen molar-refractivity contribution in [3.63, 3.8) is 0 Å². The molecule has 0 bridgehead atoms. The Balaban J connectivity index is 2.04. The number of aromatic nitrogens is 3. The Kier molecular flexibility index (Phi) is 3.41. The number of ether oxygens (including phenoxy) is 1. The maximum atomic E-state index is 5.69. The van der Waals surface area contributed by atoms with E-state index in [2.05, 4.69) is 23.8 Å². The van der Waals surface area contributed by atoms with Crippen molar-refractivity contribution in [3.8, 4) is 0 Å². The van der Waals surface area contributed by atoms with Crippen LogP contribution in [0.3, 0.4) is 0 Å². The molecule has 0 N–H and O–H groups in total. The lowest BCUT2D eigenvalue weighted by Gasteiger charge is -2.34. The topological polar surface area (TPSA) is 35.2 Å². The van der Waals surface area contributed by atoms with Gasteiger partial charge in [0, 0.05) is 20.1 Å². The van der Waals surface area contributed by atoms with Gasteiger partial charge in [-0.25, -0.2) is 4.68 Å². The number of hydrogen-bond acceptors (Lipinski definition) is 4. The van der Waals surface area contributed by atoms with Crippen molar-refractivity contribution < 1.29 is 4.74 Å². The summed E-state index contributed by atoms with van der Waals surface area (Å²) >= 11 is 5.26. The van der Waals surface area contributed by atoms with Crippen LogP contribution in [0, 0.1) is 4.77 Å². The van der Waals surface area contributed by atoms with Crippen LogP contribution in [-0.4, -0.2) is 44.5 Å². The molecule has 2 rings (SSSR count). The van der Waals surface area contributed by atoms with E-state index >= 15 is 0 Å². The second kappa shape index (κ2) is 4.65. The minimum Gasteiger partial charge on any atom is -0.373 e. The molecule has 1 aliphatic heterocycles. The van der Waals surface area contributed by atoms with E-state index < -0.39 is 0 Å². The van der Waals surface area contributed by atoms with Gasteiger partial charge in [-0.05, 0) is 26.1 Å². The number of hydrogen-bond donors (Lipinski definition) is 0. The Bertz CT molecular complexity index is 403. The molecule has 0 aliphatic carbocycles. The van der Waals surface area contributed by atoms with E-state index in [0.29, 0.717) is 0 Å². The second-order valence-corrected chi connectivity index (χ2v) is 4.82. The average Bonchev–Trinajstić information content (AvgIpc) is 2.48. The molecule has 6 heteroatoms. The molecule has 0 aromatic carbocycles. The third-order valence-corrected chi connectivity index (χ3v) is 3.21. The van der Waals surface area contributed by atoms with Gasteiger partial charge < -0.3 is 9.30 Å². The largest absolute Gasteiger partial charge is 0.373 e. The molecule has 0 radical (unpaired) electrons. The predicted molar refractivity (Wildman–Crippen MR) is 63.6 cm³/mol. The SMILES string of the molecule is C[C@@H]1CN(Cn2ncn(C)c2=S)C[C@@H](C)O1. The van der Waals surface area contributed by atoms with Crippen LogP contribution >= 0.6 is 12.2 Å². The van der Waals surface area contributed by atoms with Gasteiger partial charge in [-0.3, -0.25) is 4.90 Å². The first-order valence-electron chi connectivity index (χ1n) is 5.52. The van der Waals surface area contributed by atoms with Gasteiger partial charge in [-0.2, -0.15) is 5.10 Å². The van der Waals surface area contributed by atoms with Gasteiger partial charge in [-0.1, -0.05) is 0 Å². The maximum absolute atomic E-state index is 5.69. The van der Waals surface area contributed by atoms with Crippen LogP contribution in [0.2, 0.25) is 0 Å². The standard InChI is InChI=1S/C10H18N4OS/c1-8-4-13(5-9(2)15-8)7-14-10(16)12(3)6-11-14/h6,8-9H,4-5,7H2,1-3H3/t8-,9-/m1/s1. The molecule has 0 unspecified atom stereocenters. The van der Waals surface area contributed by atoms with Crippen LogP contribution in [0.1, 0.15) is 13.8 Å². The summed E-state index contributed by atoms with van der Waals surface area (Å²) in [6.45, 7) is 6.81. The molecule has 1 aromatic heterocycles. The van der Waals surface area contributed by atoms with Gasteiger partial charge in [0.15, 0.2) is 4.77 Å². The van der Waals surface area contributed by atoms with Gasteiger partial charge >= 0.3 is 0 Å². The highest BCUT2D eigenvalue weighted by Gasteiger charge is 2.22. The zero-order valence-corrected chi connectivity index (χ0v) is 10.8. The predicted octanol–water partition coefficient (Wildman–Crippen LogP) is 1.02. The van der Waals surface area contributed by atoms with Crippen molar-refractivity contribution >= 4 is 12.2 Å². The quantitative estimate of drug-likeness (QED) is 0.725. The van der Waals surface area contributed by atoms with Crippen molar-refractivity contribution in [2.24, 2.45) is 7.05 Å². The van der Waals surface area contributed by atoms with Gasteiger partial charge in [0.2, 0.25) is 0 Å². The molecule has 1 saturated heterocycles. The van der Waals surface area contributed by atoms with Crippen LogP contribution in [-0.2, 0) is 18.5 Å². The molecule has 1 aliphatic rings. The van der Waals surface area contributed by atoms with E-state index in [1.807, 2.05) is 16.3 Å². The third-order valence-electron chi connectivity index (χ3n) is 2.72. The first-order chi connectivity index (χ1) is 7.56. The number of morpholine rings is 1. The van der Waals surface area contributed by atoms with Crippen molar-refractivity contribution in [3.05, 3.63) is 11.1 Å². The summed E-state index contributed by atoms with van der Waals surface area (Å²) < 4.78 is 10.1. The van der Waals surface area contributed by atoms with Crippen molar-refractivity contribution in [1.29, 1.82) is 0 Å². The number of rotatable bonds is 2. The average molecular weight is 242 g/mol. The normalized spacial score (nSPS) is 27.2. The lowest BCUT2D eigenvalue weighted by molar-refractivity contribution is -0.0777. The molecular weight excluding hydrogens is 224 g/mol. The Morgan fingerprint density at radius 1 is 1.44 bits per heavy atom. The van der Waals surface area contributed by atoms with Crippen LogP contribution in [0.15, 0.2) is 6.33 Å². The Morgan fingerprint density at radius 2 is 2.06 bits per heavy atom. The first kappa shape index (κ1) is 11.8. The lowest BCUT2D eigenvalue weighted by atomic mass is 10.2. The van der Waals surface area contributed by atoms with Crippen LogP contribution in [0.4, 0.5) is 0 Å². The molecule has 16 heavy (non-hydrogen) atoms. The molecule has 2 atom stereocenters. The van der Waals surface area contributed by atoms with Gasteiger partial charge in [0.1, 0.15) is 6.33 Å². The van der Waals surface area contributed by atoms with Crippen LogP contribution in [0.5, 0.6) is 0 Å². The smallest absolute Gasteiger partial charge is 0.198 e. The Morgan fingerprint density at radius 3 is 2.56 bits per heavy atom. The van der Waals surface area contributed by atoms with Gasteiger partial charge in [0.05, 0.1) is 18.9 Å². The van der Waals surface area contributed by atoms with E-state index in [1.165, 1.54) is 0 Å². The monoisotopic (exact) mass is 242 g/mol. The summed E-state index contributed by atoms with van der Waals surface area (Å²) in [6, 6.07) is 0. The molecule has 1 fully saturated rings. The third kappa shape index (κ3) is 2.50. The molecule has 5 nitrogen and oxygen atoms in total. The Labute approximate surface area is 101 Å². The minimum atomic E-state index is 0.279. The molecule has 1 aromatic rings. The first-order valence-corrected chi connectivity index (χ1v) is 5.93. The Hall–Kier alpha value is -0.720. The highest BCUT2D eigenvalue weighted by Crippen LogP contribution is 2.11. The zero-order valence-electron chi connectivity index (χ0n) is 9.96. The van der Waals surface area contributed by atoms with E-state index in [9.17, 15) is 0 Å². The van der Waals surface area contributed by atoms with Crippen molar-refractivity contribution in [2.45, 2.75) is 32.7 Å². The molecule has 0 saturated carbocycles. The maximum Gasteiger partial charge on any atom is 0.198 e. The fraction of sp³-hybridized carbons (Fsp3) is 0.800. The molecule has 0 amide bonds. The van der Waals surface area contributed by atoms with E-state index in [4.69, 9.17) is 17.0 Å². The zero-order chi connectivity index (χ0) is 11.7. The summed E-state index contributed by atoms with van der Waals surface area (Å²) in [5, 5.41) is 4.25. The van der Waals surface area contributed by atoms with E-state index in [1.54, 1.807) is 6.33 Å². The van der Waals surface area contributed by atoms with E-state index in [0.717, 1.165) is 24.5 Å². The lowest BCUT2D eigenvalue weighted by Crippen LogP contribution is -2.46. The summed E-state index contributed by atoms with van der Waals surface area (Å²) in [5.41, 5.74) is 0. The molecule has 90 valence electrons. The van der Waals surface area contributed by atoms with Crippen LogP contribution in [0.25, 0.3) is 0 Å². The van der Waals surface area contributed by atoms with Gasteiger partial charge in [0.25, 0.3) is 0 Å². The van der Waals surface area contributed by atoms with Crippen molar-refractivity contribution in [2.75, 3.05) is 13.1 Å². The summed E-state index contributed by atoms with van der Waals surface area (Å²) in [7, 11) is 1.91. The summed E-state index contributed by atoms with van der Waals surface area (Å²) in [5.74, 6) is 0. The summed E-state index contributed by atoms with van der Waals surface area (Å²) in [6.07, 6.45) is 2.30. The fourth-order valence-electron chi connectivity index (χ4n) is 2.11. The highest BCUT2D eigenvalue weighted by atomic mass is 32.1. The minimum absolute atomic E-state index is 0.279. The van der Waals surface area contributed by atoms with E-state index in [-0.39, 0.29) is 12.2 Å². The van der Waals surface area contributed by atoms with Gasteiger partial charge in [-0.15, -0.1) is 0 Å². The second-order valence-electron chi connectivity index (χ2n) is 4.46. The highest BCUT2D eigenvalue weighted by molar-refractivity contribution is 7.71. The molecule has 0 spiro atoms.